The summed E-state index contributed by atoms with van der Waals surface area (Å²) >= 11 is 0. The van der Waals surface area contributed by atoms with E-state index in [2.05, 4.69) is 17.9 Å². The fraction of sp³-hybridized carbons (Fsp3) is 0.769. The molecule has 0 aromatic carbocycles. The summed E-state index contributed by atoms with van der Waals surface area (Å²) in [7, 11) is 0. The minimum Gasteiger partial charge on any atom is -0.302 e. The van der Waals surface area contributed by atoms with Gasteiger partial charge in [-0.15, -0.1) is 0 Å². The maximum atomic E-state index is 11.4. The van der Waals surface area contributed by atoms with Crippen LogP contribution in [0.3, 0.4) is 0 Å². The highest BCUT2D eigenvalue weighted by atomic mass is 16.1. The summed E-state index contributed by atoms with van der Waals surface area (Å²) in [5, 5.41) is 0. The highest BCUT2D eigenvalue weighted by Gasteiger charge is 2.23. The van der Waals surface area contributed by atoms with Crippen molar-refractivity contribution in [1.82, 2.24) is 4.90 Å². The second-order valence-corrected chi connectivity index (χ2v) is 4.92. The molecule has 2 nitrogen and oxygen atoms in total. The van der Waals surface area contributed by atoms with Crippen molar-refractivity contribution in [3.63, 3.8) is 0 Å². The Morgan fingerprint density at radius 2 is 2.33 bits per heavy atom. The van der Waals surface area contributed by atoms with Gasteiger partial charge in [0.2, 0.25) is 0 Å². The fourth-order valence-electron chi connectivity index (χ4n) is 2.56. The van der Waals surface area contributed by atoms with Crippen LogP contribution in [0.15, 0.2) is 11.6 Å². The third kappa shape index (κ3) is 2.91. The van der Waals surface area contributed by atoms with Gasteiger partial charge in [-0.3, -0.25) is 4.79 Å². The first-order valence-corrected chi connectivity index (χ1v) is 6.18. The summed E-state index contributed by atoms with van der Waals surface area (Å²) < 4.78 is 0. The van der Waals surface area contributed by atoms with Crippen LogP contribution >= 0.6 is 0 Å². The number of Topliss-reactive ketones (excluding diaryl/α,β-unsaturated/α-hetero) is 1. The van der Waals surface area contributed by atoms with Crippen molar-refractivity contribution >= 4 is 5.78 Å². The SMILES string of the molecule is CC1CN(CCC2=CCCC2)CCC1=O. The lowest BCUT2D eigenvalue weighted by Crippen LogP contribution is -2.40. The molecule has 0 amide bonds. The lowest BCUT2D eigenvalue weighted by atomic mass is 9.98. The summed E-state index contributed by atoms with van der Waals surface area (Å²) in [4.78, 5) is 13.8. The van der Waals surface area contributed by atoms with E-state index in [1.807, 2.05) is 0 Å². The number of ketones is 1. The Labute approximate surface area is 92.3 Å². The van der Waals surface area contributed by atoms with E-state index >= 15 is 0 Å². The number of hydrogen-bond donors (Lipinski definition) is 0. The first-order chi connectivity index (χ1) is 7.25. The fourth-order valence-corrected chi connectivity index (χ4v) is 2.56. The van der Waals surface area contributed by atoms with Gasteiger partial charge in [0, 0.05) is 32.0 Å². The lowest BCUT2D eigenvalue weighted by molar-refractivity contribution is -0.125. The van der Waals surface area contributed by atoms with E-state index in [0.717, 1.165) is 26.1 Å². The van der Waals surface area contributed by atoms with Crippen molar-refractivity contribution in [2.45, 2.75) is 39.0 Å². The Bertz CT molecular complexity index is 270. The molecule has 1 atom stereocenters. The highest BCUT2D eigenvalue weighted by molar-refractivity contribution is 5.81. The molecule has 0 spiro atoms. The van der Waals surface area contributed by atoms with Crippen LogP contribution in [0.25, 0.3) is 0 Å². The van der Waals surface area contributed by atoms with Crippen LogP contribution in [-0.4, -0.2) is 30.3 Å². The number of likely N-dealkylation sites (tertiary alicyclic amines) is 1. The third-order valence-corrected chi connectivity index (χ3v) is 3.64. The predicted octanol–water partition coefficient (Wildman–Crippen LogP) is 2.40. The summed E-state index contributed by atoms with van der Waals surface area (Å²) in [6.45, 7) is 5.18. The first kappa shape index (κ1) is 10.9. The van der Waals surface area contributed by atoms with E-state index in [0.29, 0.717) is 5.78 Å². The highest BCUT2D eigenvalue weighted by Crippen LogP contribution is 2.21. The molecule has 15 heavy (non-hydrogen) atoms. The standard InChI is InChI=1S/C13H21NO/c1-11-10-14(9-7-13(11)15)8-6-12-4-2-3-5-12/h4,11H,2-3,5-10H2,1H3. The van der Waals surface area contributed by atoms with Crippen LogP contribution in [0.5, 0.6) is 0 Å². The molecule has 0 bridgehead atoms. The van der Waals surface area contributed by atoms with Gasteiger partial charge in [-0.05, 0) is 25.7 Å². The Hall–Kier alpha value is -0.630. The molecule has 0 aromatic heterocycles. The molecule has 0 radical (unpaired) electrons. The van der Waals surface area contributed by atoms with E-state index in [4.69, 9.17) is 0 Å². The molecule has 2 rings (SSSR count). The number of carbonyl (C=O) groups excluding carboxylic acids is 1. The van der Waals surface area contributed by atoms with Gasteiger partial charge in [0.15, 0.2) is 0 Å². The summed E-state index contributed by atoms with van der Waals surface area (Å²) in [6, 6.07) is 0. The van der Waals surface area contributed by atoms with Crippen molar-refractivity contribution in [3.8, 4) is 0 Å². The maximum absolute atomic E-state index is 11.4. The number of piperidine rings is 1. The Kier molecular flexibility index (Phi) is 3.57. The van der Waals surface area contributed by atoms with Gasteiger partial charge in [-0.1, -0.05) is 18.6 Å². The Balaban J connectivity index is 1.73. The molecule has 1 saturated heterocycles. The van der Waals surface area contributed by atoms with E-state index in [-0.39, 0.29) is 5.92 Å². The van der Waals surface area contributed by atoms with Crippen molar-refractivity contribution in [2.24, 2.45) is 5.92 Å². The summed E-state index contributed by atoms with van der Waals surface area (Å²) in [6.07, 6.45) is 8.33. The van der Waals surface area contributed by atoms with E-state index in [1.54, 1.807) is 5.57 Å². The molecule has 1 aliphatic heterocycles. The number of nitrogens with zero attached hydrogens (tertiary/aromatic N) is 1. The molecule has 2 aliphatic rings. The summed E-state index contributed by atoms with van der Waals surface area (Å²) in [5.41, 5.74) is 1.64. The first-order valence-electron chi connectivity index (χ1n) is 6.18. The smallest absolute Gasteiger partial charge is 0.138 e. The van der Waals surface area contributed by atoms with Crippen LogP contribution in [0, 0.1) is 5.92 Å². The van der Waals surface area contributed by atoms with Crippen LogP contribution in [0.1, 0.15) is 39.0 Å². The molecular formula is C13H21NO. The molecule has 0 aromatic rings. The largest absolute Gasteiger partial charge is 0.302 e. The number of hydrogen-bond acceptors (Lipinski definition) is 2. The van der Waals surface area contributed by atoms with E-state index < -0.39 is 0 Å². The lowest BCUT2D eigenvalue weighted by Gasteiger charge is -2.29. The van der Waals surface area contributed by atoms with Gasteiger partial charge >= 0.3 is 0 Å². The minimum atomic E-state index is 0.260. The second-order valence-electron chi connectivity index (χ2n) is 4.92. The molecular weight excluding hydrogens is 186 g/mol. The maximum Gasteiger partial charge on any atom is 0.138 e. The van der Waals surface area contributed by atoms with Crippen molar-refractivity contribution in [3.05, 3.63) is 11.6 Å². The normalized spacial score (nSPS) is 28.2. The topological polar surface area (TPSA) is 20.3 Å². The van der Waals surface area contributed by atoms with Crippen LogP contribution in [0.4, 0.5) is 0 Å². The van der Waals surface area contributed by atoms with Crippen LogP contribution < -0.4 is 0 Å². The van der Waals surface area contributed by atoms with E-state index in [1.165, 1.54) is 25.7 Å². The molecule has 1 heterocycles. The van der Waals surface area contributed by atoms with Gasteiger partial charge in [0.1, 0.15) is 5.78 Å². The summed E-state index contributed by atoms with van der Waals surface area (Å²) in [5.74, 6) is 0.711. The molecule has 2 heteroatoms. The predicted molar refractivity (Wildman–Crippen MR) is 61.8 cm³/mol. The number of rotatable bonds is 3. The zero-order valence-electron chi connectivity index (χ0n) is 9.67. The van der Waals surface area contributed by atoms with Gasteiger partial charge < -0.3 is 4.90 Å². The molecule has 84 valence electrons. The zero-order valence-corrected chi connectivity index (χ0v) is 9.67. The minimum absolute atomic E-state index is 0.260. The second kappa shape index (κ2) is 4.93. The number of allylic oxidation sites excluding steroid dienone is 1. The molecule has 0 saturated carbocycles. The average molecular weight is 207 g/mol. The van der Waals surface area contributed by atoms with Gasteiger partial charge in [0.05, 0.1) is 0 Å². The van der Waals surface area contributed by atoms with Crippen LogP contribution in [-0.2, 0) is 4.79 Å². The molecule has 1 unspecified atom stereocenters. The molecule has 1 aliphatic carbocycles. The molecule has 1 fully saturated rings. The number of carbonyl (C=O) groups is 1. The van der Waals surface area contributed by atoms with Crippen molar-refractivity contribution in [2.75, 3.05) is 19.6 Å². The average Bonchev–Trinajstić information content (AvgIpc) is 2.73. The van der Waals surface area contributed by atoms with Gasteiger partial charge in [-0.2, -0.15) is 0 Å². The van der Waals surface area contributed by atoms with Gasteiger partial charge in [-0.25, -0.2) is 0 Å². The van der Waals surface area contributed by atoms with E-state index in [9.17, 15) is 4.79 Å². The Morgan fingerprint density at radius 1 is 1.47 bits per heavy atom. The van der Waals surface area contributed by atoms with Gasteiger partial charge in [0.25, 0.3) is 0 Å². The van der Waals surface area contributed by atoms with Crippen molar-refractivity contribution in [1.29, 1.82) is 0 Å². The Morgan fingerprint density at radius 3 is 3.00 bits per heavy atom. The van der Waals surface area contributed by atoms with Crippen LogP contribution in [0.2, 0.25) is 0 Å². The quantitative estimate of drug-likeness (QED) is 0.662. The zero-order chi connectivity index (χ0) is 10.7. The van der Waals surface area contributed by atoms with Crippen molar-refractivity contribution < 1.29 is 4.79 Å². The molecule has 0 N–H and O–H groups in total. The third-order valence-electron chi connectivity index (χ3n) is 3.64. The monoisotopic (exact) mass is 207 g/mol.